The molecule has 17 heavy (non-hydrogen) atoms. The maximum Gasteiger partial charge on any atom is 0.466 e. The molecule has 10 nitrogen and oxygen atoms in total. The van der Waals surface area contributed by atoms with Gasteiger partial charge >= 0.3 is 13.8 Å². The molecule has 0 aliphatic heterocycles. The first kappa shape index (κ1) is 21.2. The van der Waals surface area contributed by atoms with Crippen molar-refractivity contribution in [3.8, 4) is 0 Å². The fraction of sp³-hybridized carbons (Fsp3) is 0.500. The minimum absolute atomic E-state index is 0.278. The second kappa shape index (κ2) is 11.3. The lowest BCUT2D eigenvalue weighted by molar-refractivity contribution is -0.148. The normalized spacial score (nSPS) is 10.9. The molecular weight excluding hydrogens is 263 g/mol. The SMILES string of the molecule is CC(=O)C(=O)O.O=CC(O)CO.O=P(O)(O)O. The molecule has 6 N–H and O–H groups in total. The summed E-state index contributed by atoms with van der Waals surface area (Å²) in [7, 11) is -4.64. The van der Waals surface area contributed by atoms with E-state index in [0.717, 1.165) is 6.92 Å². The lowest BCUT2D eigenvalue weighted by Gasteiger charge is -1.89. The van der Waals surface area contributed by atoms with Crippen LogP contribution in [0.5, 0.6) is 0 Å². The van der Waals surface area contributed by atoms with Gasteiger partial charge in [-0.25, -0.2) is 9.36 Å². The number of carboxylic acid groups (broad SMARTS) is 1. The van der Waals surface area contributed by atoms with E-state index in [1.54, 1.807) is 0 Å². The van der Waals surface area contributed by atoms with Crippen LogP contribution in [0, 0.1) is 0 Å². The Balaban J connectivity index is -0.000000174. The average Bonchev–Trinajstić information content (AvgIpc) is 2.14. The molecule has 0 aliphatic rings. The lowest BCUT2D eigenvalue weighted by atomic mass is 10.4. The Bertz CT molecular complexity index is 260. The van der Waals surface area contributed by atoms with E-state index in [1.807, 2.05) is 0 Å². The number of aldehydes is 1. The summed E-state index contributed by atoms with van der Waals surface area (Å²) in [6, 6.07) is 0. The topological polar surface area (TPSA) is 190 Å². The number of carbonyl (C=O) groups is 3. The summed E-state index contributed by atoms with van der Waals surface area (Å²) in [5.41, 5.74) is 0. The Morgan fingerprint density at radius 1 is 1.29 bits per heavy atom. The predicted molar refractivity (Wildman–Crippen MR) is 51.7 cm³/mol. The van der Waals surface area contributed by atoms with Gasteiger partial charge in [-0.2, -0.15) is 0 Å². The zero-order chi connectivity index (χ0) is 14.6. The van der Waals surface area contributed by atoms with Crippen molar-refractivity contribution < 1.29 is 48.9 Å². The number of phosphoric acid groups is 1. The zero-order valence-corrected chi connectivity index (χ0v) is 9.52. The largest absolute Gasteiger partial charge is 0.476 e. The molecule has 0 saturated heterocycles. The zero-order valence-electron chi connectivity index (χ0n) is 8.63. The molecule has 0 saturated carbocycles. The van der Waals surface area contributed by atoms with Crippen LogP contribution >= 0.6 is 7.82 Å². The molecule has 0 rings (SSSR count). The van der Waals surface area contributed by atoms with Crippen molar-refractivity contribution in [2.75, 3.05) is 6.61 Å². The quantitative estimate of drug-likeness (QED) is 0.179. The van der Waals surface area contributed by atoms with Gasteiger partial charge in [0.25, 0.3) is 0 Å². The molecule has 102 valence electrons. The van der Waals surface area contributed by atoms with Crippen molar-refractivity contribution in [2.24, 2.45) is 0 Å². The molecule has 0 fully saturated rings. The molecule has 0 aromatic carbocycles. The highest BCUT2D eigenvalue weighted by Gasteiger charge is 2.00. The Morgan fingerprint density at radius 2 is 1.53 bits per heavy atom. The first-order valence-electron chi connectivity index (χ1n) is 3.72. The van der Waals surface area contributed by atoms with Gasteiger partial charge in [-0.3, -0.25) is 4.79 Å². The number of aliphatic carboxylic acids is 1. The highest BCUT2D eigenvalue weighted by atomic mass is 31.2. The highest BCUT2D eigenvalue weighted by molar-refractivity contribution is 7.45. The minimum atomic E-state index is -4.64. The van der Waals surface area contributed by atoms with Crippen molar-refractivity contribution in [1.82, 2.24) is 0 Å². The fourth-order valence-corrected chi connectivity index (χ4v) is 0.0430. The summed E-state index contributed by atoms with van der Waals surface area (Å²) in [6.07, 6.45) is -0.912. The second-order valence-corrected chi connectivity index (χ2v) is 3.29. The number of rotatable bonds is 3. The van der Waals surface area contributed by atoms with Gasteiger partial charge in [0.1, 0.15) is 6.10 Å². The summed E-state index contributed by atoms with van der Waals surface area (Å²) >= 11 is 0. The van der Waals surface area contributed by atoms with Crippen LogP contribution in [0.4, 0.5) is 0 Å². The predicted octanol–water partition coefficient (Wildman–Crippen LogP) is -2.73. The lowest BCUT2D eigenvalue weighted by Crippen LogP contribution is -2.12. The molecule has 1 atom stereocenters. The van der Waals surface area contributed by atoms with Crippen LogP contribution in [-0.2, 0) is 18.9 Å². The summed E-state index contributed by atoms with van der Waals surface area (Å²) in [4.78, 5) is 49.8. The smallest absolute Gasteiger partial charge is 0.466 e. The summed E-state index contributed by atoms with van der Waals surface area (Å²) in [6.45, 7) is 0.520. The fourth-order valence-electron chi connectivity index (χ4n) is 0.0430. The number of hydrogen-bond donors (Lipinski definition) is 6. The van der Waals surface area contributed by atoms with Crippen molar-refractivity contribution >= 4 is 25.9 Å². The standard InChI is InChI=1S/C3H6O3.C3H4O3.H3O4P/c4-1-3(6)2-5;1-2(4)3(5)6;1-5(2,3)4/h1,3,5-6H,2H2;1H3,(H,5,6);(H3,1,2,3,4). The highest BCUT2D eigenvalue weighted by Crippen LogP contribution is 2.25. The van der Waals surface area contributed by atoms with Crippen molar-refractivity contribution in [3.63, 3.8) is 0 Å². The Morgan fingerprint density at radius 3 is 1.53 bits per heavy atom. The van der Waals surface area contributed by atoms with Gasteiger partial charge in [-0.15, -0.1) is 0 Å². The van der Waals surface area contributed by atoms with Gasteiger partial charge in [-0.05, 0) is 0 Å². The molecule has 1 unspecified atom stereocenters. The van der Waals surface area contributed by atoms with Crippen molar-refractivity contribution in [3.05, 3.63) is 0 Å². The summed E-state index contributed by atoms with van der Waals surface area (Å²) < 4.78 is 8.88. The molecule has 0 heterocycles. The van der Waals surface area contributed by atoms with Crippen LogP contribution in [0.3, 0.4) is 0 Å². The molecule has 0 radical (unpaired) electrons. The van der Waals surface area contributed by atoms with E-state index in [-0.39, 0.29) is 6.29 Å². The van der Waals surface area contributed by atoms with E-state index in [0.29, 0.717) is 0 Å². The van der Waals surface area contributed by atoms with Gasteiger partial charge in [-0.1, -0.05) is 0 Å². The van der Waals surface area contributed by atoms with Crippen molar-refractivity contribution in [2.45, 2.75) is 13.0 Å². The second-order valence-electron chi connectivity index (χ2n) is 2.26. The van der Waals surface area contributed by atoms with E-state index < -0.39 is 32.3 Å². The van der Waals surface area contributed by atoms with Gasteiger partial charge in [0, 0.05) is 6.92 Å². The minimum Gasteiger partial charge on any atom is -0.476 e. The molecule has 0 aromatic heterocycles. The number of aliphatic hydroxyl groups excluding tert-OH is 2. The Labute approximate surface area is 95.4 Å². The number of carboxylic acids is 1. The first-order chi connectivity index (χ1) is 7.45. The average molecular weight is 276 g/mol. The van der Waals surface area contributed by atoms with Crippen LogP contribution in [0.1, 0.15) is 6.92 Å². The number of aliphatic hydroxyl groups is 2. The van der Waals surface area contributed by atoms with Crippen molar-refractivity contribution in [1.29, 1.82) is 0 Å². The Kier molecular flexibility index (Phi) is 14.1. The van der Waals surface area contributed by atoms with E-state index in [2.05, 4.69) is 0 Å². The molecule has 11 heteroatoms. The number of carbonyl (C=O) groups excluding carboxylic acids is 2. The number of hydrogen-bond acceptors (Lipinski definition) is 6. The van der Waals surface area contributed by atoms with Gasteiger partial charge < -0.3 is 34.8 Å². The maximum atomic E-state index is 9.54. The van der Waals surface area contributed by atoms with Crippen LogP contribution in [0.25, 0.3) is 0 Å². The van der Waals surface area contributed by atoms with Gasteiger partial charge in [0.15, 0.2) is 6.29 Å². The number of Topliss-reactive ketones (excluding diaryl/α,β-unsaturated/α-hetero) is 1. The third kappa shape index (κ3) is 52.3. The van der Waals surface area contributed by atoms with Crippen LogP contribution in [0.15, 0.2) is 0 Å². The summed E-state index contributed by atoms with van der Waals surface area (Å²) in [5.74, 6) is -2.20. The van der Waals surface area contributed by atoms with E-state index >= 15 is 0 Å². The molecule has 0 spiro atoms. The monoisotopic (exact) mass is 276 g/mol. The molecular formula is C6H13O10P. The number of ketones is 1. The van der Waals surface area contributed by atoms with Gasteiger partial charge in [0.05, 0.1) is 6.61 Å². The molecule has 0 aliphatic carbocycles. The van der Waals surface area contributed by atoms with Crippen LogP contribution in [-0.4, -0.2) is 60.7 Å². The third-order valence-electron chi connectivity index (χ3n) is 0.645. The van der Waals surface area contributed by atoms with E-state index in [1.165, 1.54) is 0 Å². The third-order valence-corrected chi connectivity index (χ3v) is 0.645. The van der Waals surface area contributed by atoms with Crippen LogP contribution in [0.2, 0.25) is 0 Å². The van der Waals surface area contributed by atoms with Crippen LogP contribution < -0.4 is 0 Å². The van der Waals surface area contributed by atoms with Gasteiger partial charge in [0.2, 0.25) is 5.78 Å². The Hall–Kier alpha value is -1.16. The summed E-state index contributed by atoms with van der Waals surface area (Å²) in [5, 5.41) is 23.5. The first-order valence-corrected chi connectivity index (χ1v) is 5.28. The molecule has 0 aromatic rings. The van der Waals surface area contributed by atoms with E-state index in [4.69, 9.17) is 34.6 Å². The maximum absolute atomic E-state index is 9.54. The molecule has 0 amide bonds. The van der Waals surface area contributed by atoms with E-state index in [9.17, 15) is 14.4 Å². The molecule has 0 bridgehead atoms.